The number of nitrogens with one attached hydrogen (secondary N) is 1. The Morgan fingerprint density at radius 3 is 2.57 bits per heavy atom. The molecule has 0 amide bonds. The zero-order valence-electron chi connectivity index (χ0n) is 15.0. The molecule has 28 heavy (non-hydrogen) atoms. The normalized spacial score (nSPS) is 9.68. The fourth-order valence-corrected chi connectivity index (χ4v) is 2.39. The van der Waals surface area contributed by atoms with Gasteiger partial charge in [-0.3, -0.25) is 15.1 Å². The van der Waals surface area contributed by atoms with Crippen LogP contribution in [0.4, 0.5) is 25.8 Å². The first-order valence-corrected chi connectivity index (χ1v) is 7.40. The number of nitro groups is 1. The van der Waals surface area contributed by atoms with E-state index in [0.717, 1.165) is 6.07 Å². The predicted molar refractivity (Wildman–Crippen MR) is 97.8 cm³/mol. The van der Waals surface area contributed by atoms with E-state index in [1.807, 2.05) is 6.07 Å². The first-order chi connectivity index (χ1) is 12.5. The van der Waals surface area contributed by atoms with Gasteiger partial charge in [-0.05, 0) is 24.3 Å². The van der Waals surface area contributed by atoms with Gasteiger partial charge in [-0.2, -0.15) is 0 Å². The number of aromatic nitrogens is 1. The van der Waals surface area contributed by atoms with Gasteiger partial charge in [-0.15, -0.1) is 6.07 Å². The summed E-state index contributed by atoms with van der Waals surface area (Å²) in [7, 11) is 1.42. The van der Waals surface area contributed by atoms with E-state index in [0.29, 0.717) is 22.7 Å². The van der Waals surface area contributed by atoms with Gasteiger partial charge in [0.05, 0.1) is 12.8 Å². The minimum atomic E-state index is -0.851. The molecule has 6 nitrogen and oxygen atoms in total. The number of benzene rings is 2. The molecule has 0 spiro atoms. The Morgan fingerprint density at radius 2 is 1.89 bits per heavy atom. The molecular formula is C19H15F2N3O3U. The van der Waals surface area contributed by atoms with Gasteiger partial charge in [-0.25, -0.2) is 8.78 Å². The van der Waals surface area contributed by atoms with Crippen LogP contribution in [0.3, 0.4) is 0 Å². The number of hydrogen-bond donors (Lipinski definition) is 1. The van der Waals surface area contributed by atoms with Crippen molar-refractivity contribution in [3.05, 3.63) is 83.9 Å². The Balaban J connectivity index is 0.00000196. The number of methoxy groups -OCH3 is 1. The summed E-state index contributed by atoms with van der Waals surface area (Å²) >= 11 is 0. The van der Waals surface area contributed by atoms with Gasteiger partial charge in [0.2, 0.25) is 0 Å². The van der Waals surface area contributed by atoms with Crippen molar-refractivity contribution < 1.29 is 49.6 Å². The van der Waals surface area contributed by atoms with Crippen LogP contribution in [0.15, 0.2) is 48.7 Å². The summed E-state index contributed by atoms with van der Waals surface area (Å²) in [6.45, 7) is 0. The Morgan fingerprint density at radius 1 is 1.14 bits per heavy atom. The predicted octanol–water partition coefficient (Wildman–Crippen LogP) is 4.94. The largest absolute Gasteiger partial charge is 2.00 e. The van der Waals surface area contributed by atoms with Crippen LogP contribution in [0.2, 0.25) is 0 Å². The average molecular weight is 609 g/mol. The Bertz CT molecular complexity index is 986. The smallest absolute Gasteiger partial charge is 0.496 e. The minimum absolute atomic E-state index is 0. The second kappa shape index (κ2) is 10.2. The van der Waals surface area contributed by atoms with Gasteiger partial charge in [0.15, 0.2) is 5.69 Å². The Hall–Kier alpha value is -2.50. The van der Waals surface area contributed by atoms with Crippen molar-refractivity contribution in [2.75, 3.05) is 12.4 Å². The standard InChI is InChI=1S/C18H12F2N3O3.CH3.U/c1-26-18-8-11(19)2-3-16(18)17-10-13(4-5-21-17)22-14-6-12(20)7-15(9-14)23(24)25;;/h2-6,8-10H,1H3,(H,21,22);1H3;/q2*-1;+2. The summed E-state index contributed by atoms with van der Waals surface area (Å²) < 4.78 is 32.0. The average Bonchev–Trinajstić information content (AvgIpc) is 2.61. The third-order valence-electron chi connectivity index (χ3n) is 3.51. The minimum Gasteiger partial charge on any atom is -0.496 e. The summed E-state index contributed by atoms with van der Waals surface area (Å²) in [6, 6.07) is 11.6. The van der Waals surface area contributed by atoms with E-state index in [1.165, 1.54) is 37.6 Å². The van der Waals surface area contributed by atoms with E-state index in [9.17, 15) is 18.9 Å². The number of ether oxygens (including phenoxy) is 1. The molecule has 0 unspecified atom stereocenters. The van der Waals surface area contributed by atoms with Gasteiger partial charge >= 0.3 is 31.1 Å². The summed E-state index contributed by atoms with van der Waals surface area (Å²) in [6.07, 6.45) is 1.50. The Kier molecular flexibility index (Phi) is 8.54. The van der Waals surface area contributed by atoms with E-state index in [4.69, 9.17) is 4.74 Å². The summed E-state index contributed by atoms with van der Waals surface area (Å²) in [4.78, 5) is 14.3. The maximum atomic E-state index is 13.5. The maximum absolute atomic E-state index is 13.5. The molecule has 1 aromatic heterocycles. The van der Waals surface area contributed by atoms with Crippen LogP contribution in [0, 0.1) is 66.4 Å². The topological polar surface area (TPSA) is 77.3 Å². The zero-order chi connectivity index (χ0) is 18.7. The third kappa shape index (κ3) is 5.50. The fourth-order valence-electron chi connectivity index (χ4n) is 2.39. The SMILES string of the molecule is COc1cc(F)ccc1-c1cc(Nc2cc(F)[c-]c([N+](=O)[O-])c2)ccn1.[CH3-].[U+2]. The van der Waals surface area contributed by atoms with Crippen molar-refractivity contribution in [2.24, 2.45) is 0 Å². The molecule has 0 atom stereocenters. The molecule has 0 fully saturated rings. The van der Waals surface area contributed by atoms with Crippen molar-refractivity contribution >= 4 is 17.1 Å². The zero-order valence-corrected chi connectivity index (χ0v) is 19.2. The molecule has 0 radical (unpaired) electrons. The van der Waals surface area contributed by atoms with E-state index < -0.39 is 22.2 Å². The Labute approximate surface area is 184 Å². The van der Waals surface area contributed by atoms with Gasteiger partial charge in [0.1, 0.15) is 11.6 Å². The molecule has 2 aromatic carbocycles. The van der Waals surface area contributed by atoms with Crippen LogP contribution < -0.4 is 10.1 Å². The second-order valence-corrected chi connectivity index (χ2v) is 5.26. The number of hydrogen-bond acceptors (Lipinski definition) is 5. The fraction of sp³-hybridized carbons (Fsp3) is 0.0526. The van der Waals surface area contributed by atoms with Crippen LogP contribution in [0.1, 0.15) is 0 Å². The van der Waals surface area contributed by atoms with Gasteiger partial charge in [0, 0.05) is 34.3 Å². The van der Waals surface area contributed by atoms with E-state index in [1.54, 1.807) is 12.1 Å². The molecule has 1 heterocycles. The van der Waals surface area contributed by atoms with Crippen LogP contribution in [-0.2, 0) is 0 Å². The monoisotopic (exact) mass is 609 g/mol. The number of nitro benzene ring substituents is 1. The molecular weight excluding hydrogens is 594 g/mol. The summed E-state index contributed by atoms with van der Waals surface area (Å²) in [5.74, 6) is -0.981. The summed E-state index contributed by atoms with van der Waals surface area (Å²) in [5, 5.41) is 13.7. The van der Waals surface area contributed by atoms with Crippen LogP contribution >= 0.6 is 0 Å². The number of nitrogens with zero attached hydrogens (tertiary/aromatic N) is 2. The third-order valence-corrected chi connectivity index (χ3v) is 3.51. The van der Waals surface area contributed by atoms with E-state index >= 15 is 0 Å². The van der Waals surface area contributed by atoms with Crippen molar-refractivity contribution in [3.8, 4) is 17.0 Å². The van der Waals surface area contributed by atoms with Gasteiger partial charge in [0.25, 0.3) is 0 Å². The van der Waals surface area contributed by atoms with Crippen LogP contribution in [-0.4, -0.2) is 17.0 Å². The van der Waals surface area contributed by atoms with E-state index in [2.05, 4.69) is 10.3 Å². The second-order valence-electron chi connectivity index (χ2n) is 5.26. The molecule has 0 bridgehead atoms. The van der Waals surface area contributed by atoms with Gasteiger partial charge < -0.3 is 17.5 Å². The van der Waals surface area contributed by atoms with Crippen LogP contribution in [0.5, 0.6) is 5.75 Å². The molecule has 1 N–H and O–H groups in total. The van der Waals surface area contributed by atoms with E-state index in [-0.39, 0.29) is 44.2 Å². The number of non-ortho nitro benzene ring substituents is 1. The van der Waals surface area contributed by atoms with Crippen molar-refractivity contribution in [2.45, 2.75) is 0 Å². The van der Waals surface area contributed by atoms with Crippen LogP contribution in [0.25, 0.3) is 11.3 Å². The molecule has 142 valence electrons. The molecule has 3 rings (SSSR count). The maximum Gasteiger partial charge on any atom is 2.00 e. The van der Waals surface area contributed by atoms with Crippen molar-refractivity contribution in [1.29, 1.82) is 0 Å². The molecule has 0 aliphatic carbocycles. The molecule has 9 heteroatoms. The van der Waals surface area contributed by atoms with Crippen molar-refractivity contribution in [1.82, 2.24) is 4.98 Å². The molecule has 0 aliphatic rings. The molecule has 0 saturated heterocycles. The first-order valence-electron chi connectivity index (χ1n) is 7.40. The number of rotatable bonds is 5. The number of halogens is 2. The number of pyridine rings is 1. The first kappa shape index (κ1) is 23.5. The quantitative estimate of drug-likeness (QED) is 0.252. The summed E-state index contributed by atoms with van der Waals surface area (Å²) in [5.41, 5.74) is 1.28. The number of anilines is 2. The molecule has 0 aliphatic heterocycles. The molecule has 0 saturated carbocycles. The van der Waals surface area contributed by atoms with Crippen molar-refractivity contribution in [3.63, 3.8) is 0 Å². The molecule has 3 aromatic rings. The van der Waals surface area contributed by atoms with Gasteiger partial charge in [-0.1, -0.05) is 17.8 Å².